The molecule has 2 N–H and O–H groups in total. The van der Waals surface area contributed by atoms with E-state index in [-0.39, 0.29) is 5.91 Å². The molecule has 0 saturated carbocycles. The van der Waals surface area contributed by atoms with Crippen LogP contribution in [0.2, 0.25) is 0 Å². The number of nitrogens with one attached hydrogen (secondary N) is 2. The largest absolute Gasteiger partial charge is 0.496 e. The predicted molar refractivity (Wildman–Crippen MR) is 166 cm³/mol. The number of hydrogen-bond donors (Lipinski definition) is 2. The molecule has 0 saturated heterocycles. The van der Waals surface area contributed by atoms with Gasteiger partial charge in [-0.3, -0.25) is 10.1 Å². The minimum absolute atomic E-state index is 0.0576. The number of rotatable bonds is 11. The highest BCUT2D eigenvalue weighted by Crippen LogP contribution is 2.40. The summed E-state index contributed by atoms with van der Waals surface area (Å²) in [6, 6.07) is 49.2. The lowest BCUT2D eigenvalue weighted by atomic mass is 9.75. The third kappa shape index (κ3) is 6.08. The summed E-state index contributed by atoms with van der Waals surface area (Å²) < 4.78 is 5.52. The standard InChI is InChI=1S/C37H36N2O2/c1-36(30-18-7-3-8-19-30,38-35(40)28-27-29-17-15-16-26-34(29)41-2)39-37(31-20-9-4-10-21-31,32-22-11-5-12-23-32)33-24-13-6-14-25-33/h3-26,39H,27-28H2,1-2H3,(H,38,40). The number of para-hydroxylation sites is 1. The van der Waals surface area contributed by atoms with E-state index in [1.54, 1.807) is 7.11 Å². The van der Waals surface area contributed by atoms with Crippen LogP contribution in [0.25, 0.3) is 0 Å². The van der Waals surface area contributed by atoms with Crippen LogP contribution in [0.1, 0.15) is 41.2 Å². The summed E-state index contributed by atoms with van der Waals surface area (Å²) >= 11 is 0. The van der Waals surface area contributed by atoms with Crippen molar-refractivity contribution in [2.75, 3.05) is 7.11 Å². The summed E-state index contributed by atoms with van der Waals surface area (Å²) in [6.45, 7) is 2.05. The van der Waals surface area contributed by atoms with Crippen molar-refractivity contribution in [2.45, 2.75) is 31.0 Å². The van der Waals surface area contributed by atoms with Crippen molar-refractivity contribution in [2.24, 2.45) is 0 Å². The lowest BCUT2D eigenvalue weighted by Crippen LogP contribution is -2.62. The number of carbonyl (C=O) groups is 1. The fourth-order valence-electron chi connectivity index (χ4n) is 5.60. The van der Waals surface area contributed by atoms with E-state index in [1.807, 2.05) is 67.6 Å². The van der Waals surface area contributed by atoms with Gasteiger partial charge in [-0.1, -0.05) is 140 Å². The maximum Gasteiger partial charge on any atom is 0.222 e. The molecule has 0 radical (unpaired) electrons. The minimum Gasteiger partial charge on any atom is -0.496 e. The molecule has 0 heterocycles. The third-order valence-electron chi connectivity index (χ3n) is 7.61. The van der Waals surface area contributed by atoms with Gasteiger partial charge in [0.05, 0.1) is 12.6 Å². The second kappa shape index (κ2) is 12.7. The molecule has 1 unspecified atom stereocenters. The van der Waals surface area contributed by atoms with Crippen molar-refractivity contribution in [3.05, 3.63) is 173 Å². The van der Waals surface area contributed by atoms with Crippen LogP contribution < -0.4 is 15.4 Å². The van der Waals surface area contributed by atoms with Gasteiger partial charge in [0.2, 0.25) is 5.91 Å². The van der Waals surface area contributed by atoms with Crippen LogP contribution in [0.4, 0.5) is 0 Å². The monoisotopic (exact) mass is 540 g/mol. The van der Waals surface area contributed by atoms with Crippen molar-refractivity contribution in [1.82, 2.24) is 10.6 Å². The van der Waals surface area contributed by atoms with E-state index in [9.17, 15) is 4.79 Å². The molecular weight excluding hydrogens is 504 g/mol. The first-order valence-corrected chi connectivity index (χ1v) is 14.0. The Balaban J connectivity index is 1.60. The Labute approximate surface area is 243 Å². The van der Waals surface area contributed by atoms with Crippen molar-refractivity contribution in [3.8, 4) is 5.75 Å². The molecule has 0 aromatic heterocycles. The van der Waals surface area contributed by atoms with Crippen molar-refractivity contribution in [3.63, 3.8) is 0 Å². The Morgan fingerprint density at radius 3 is 1.49 bits per heavy atom. The smallest absolute Gasteiger partial charge is 0.222 e. The average molecular weight is 541 g/mol. The molecule has 0 bridgehead atoms. The normalized spacial score (nSPS) is 12.7. The van der Waals surface area contributed by atoms with Crippen LogP contribution >= 0.6 is 0 Å². The summed E-state index contributed by atoms with van der Waals surface area (Å²) in [5.74, 6) is 0.735. The van der Waals surface area contributed by atoms with Gasteiger partial charge in [0, 0.05) is 6.42 Å². The Bertz CT molecular complexity index is 1440. The molecule has 5 aromatic rings. The van der Waals surface area contributed by atoms with E-state index in [0.29, 0.717) is 12.8 Å². The quantitative estimate of drug-likeness (QED) is 0.138. The zero-order valence-corrected chi connectivity index (χ0v) is 23.6. The van der Waals surface area contributed by atoms with Crippen LogP contribution in [-0.2, 0) is 22.4 Å². The van der Waals surface area contributed by atoms with Crippen LogP contribution in [-0.4, -0.2) is 13.0 Å². The Morgan fingerprint density at radius 2 is 1.02 bits per heavy atom. The molecule has 206 valence electrons. The van der Waals surface area contributed by atoms with E-state index < -0.39 is 11.2 Å². The number of aryl methyl sites for hydroxylation is 1. The van der Waals surface area contributed by atoms with Crippen LogP contribution in [0.15, 0.2) is 146 Å². The van der Waals surface area contributed by atoms with Gasteiger partial charge in [-0.2, -0.15) is 0 Å². The van der Waals surface area contributed by atoms with Crippen LogP contribution in [0.5, 0.6) is 5.75 Å². The van der Waals surface area contributed by atoms with E-state index in [1.165, 1.54) is 0 Å². The summed E-state index contributed by atoms with van der Waals surface area (Å²) in [6.07, 6.45) is 0.890. The third-order valence-corrected chi connectivity index (χ3v) is 7.61. The van der Waals surface area contributed by atoms with E-state index in [2.05, 4.69) is 95.6 Å². The van der Waals surface area contributed by atoms with Gasteiger partial charge in [-0.15, -0.1) is 0 Å². The molecule has 0 spiro atoms. The Hall–Kier alpha value is -4.67. The number of methoxy groups -OCH3 is 1. The summed E-state index contributed by atoms with van der Waals surface area (Å²) in [5.41, 5.74) is 3.48. The van der Waals surface area contributed by atoms with Gasteiger partial charge in [0.1, 0.15) is 11.4 Å². The average Bonchev–Trinajstić information content (AvgIpc) is 3.04. The van der Waals surface area contributed by atoms with E-state index in [4.69, 9.17) is 4.74 Å². The van der Waals surface area contributed by atoms with Crippen molar-refractivity contribution < 1.29 is 9.53 Å². The summed E-state index contributed by atoms with van der Waals surface area (Å²) in [7, 11) is 1.66. The molecule has 41 heavy (non-hydrogen) atoms. The molecule has 4 nitrogen and oxygen atoms in total. The fourth-order valence-corrected chi connectivity index (χ4v) is 5.60. The zero-order chi connectivity index (χ0) is 28.5. The molecule has 0 aliphatic carbocycles. The van der Waals surface area contributed by atoms with Crippen molar-refractivity contribution in [1.29, 1.82) is 0 Å². The molecule has 0 fully saturated rings. The maximum absolute atomic E-state index is 13.7. The molecule has 4 heteroatoms. The minimum atomic E-state index is -0.930. The number of ether oxygens (including phenoxy) is 1. The highest BCUT2D eigenvalue weighted by atomic mass is 16.5. The maximum atomic E-state index is 13.7. The van der Waals surface area contributed by atoms with Gasteiger partial charge >= 0.3 is 0 Å². The summed E-state index contributed by atoms with van der Waals surface area (Å²) in [4.78, 5) is 13.7. The molecule has 1 atom stereocenters. The predicted octanol–water partition coefficient (Wildman–Crippen LogP) is 7.20. The number of hydrogen-bond acceptors (Lipinski definition) is 3. The molecule has 1 amide bonds. The van der Waals surface area contributed by atoms with Crippen molar-refractivity contribution >= 4 is 5.91 Å². The highest BCUT2D eigenvalue weighted by Gasteiger charge is 2.43. The van der Waals surface area contributed by atoms with Gasteiger partial charge in [0.15, 0.2) is 0 Å². The topological polar surface area (TPSA) is 50.4 Å². The Morgan fingerprint density at radius 1 is 0.610 bits per heavy atom. The number of carbonyl (C=O) groups excluding carboxylic acids is 1. The SMILES string of the molecule is COc1ccccc1CCC(=O)NC(C)(NC(c1ccccc1)(c1ccccc1)c1ccccc1)c1ccccc1. The first-order valence-electron chi connectivity index (χ1n) is 14.0. The van der Waals surface area contributed by atoms with Gasteiger partial charge in [0.25, 0.3) is 0 Å². The molecule has 0 aliphatic heterocycles. The van der Waals surface area contributed by atoms with Gasteiger partial charge < -0.3 is 10.1 Å². The lowest BCUT2D eigenvalue weighted by molar-refractivity contribution is -0.123. The zero-order valence-electron chi connectivity index (χ0n) is 23.6. The number of benzene rings is 5. The number of amides is 1. The fraction of sp³-hybridized carbons (Fsp3) is 0.162. The van der Waals surface area contributed by atoms with E-state index >= 15 is 0 Å². The molecule has 0 aliphatic rings. The second-order valence-corrected chi connectivity index (χ2v) is 10.3. The highest BCUT2D eigenvalue weighted by molar-refractivity contribution is 5.77. The van der Waals surface area contributed by atoms with Crippen LogP contribution in [0.3, 0.4) is 0 Å². The summed E-state index contributed by atoms with van der Waals surface area (Å²) in [5, 5.41) is 7.40. The second-order valence-electron chi connectivity index (χ2n) is 10.3. The molecule has 5 rings (SSSR count). The lowest BCUT2D eigenvalue weighted by Gasteiger charge is -2.45. The first-order chi connectivity index (χ1) is 20.0. The van der Waals surface area contributed by atoms with E-state index in [0.717, 1.165) is 33.6 Å². The van der Waals surface area contributed by atoms with Gasteiger partial charge in [-0.05, 0) is 47.2 Å². The molecular formula is C37H36N2O2. The first kappa shape index (κ1) is 27.9. The van der Waals surface area contributed by atoms with Gasteiger partial charge in [-0.25, -0.2) is 0 Å². The molecule has 5 aromatic carbocycles. The Kier molecular flexibility index (Phi) is 8.61. The van der Waals surface area contributed by atoms with Crippen LogP contribution in [0, 0.1) is 0 Å².